The number of aliphatic hydroxyl groups is 1. The Balaban J connectivity index is 2.26. The van der Waals surface area contributed by atoms with Crippen molar-refractivity contribution >= 4 is 13.6 Å². The fourth-order valence-electron chi connectivity index (χ4n) is 1.88. The molecule has 0 aromatic carbocycles. The summed E-state index contributed by atoms with van der Waals surface area (Å²) in [4.78, 5) is 33.7. The molecule has 0 amide bonds. The van der Waals surface area contributed by atoms with Gasteiger partial charge >= 0.3 is 11.6 Å². The van der Waals surface area contributed by atoms with Crippen LogP contribution in [0.25, 0.3) is 0 Å². The summed E-state index contributed by atoms with van der Waals surface area (Å²) in [6.07, 6.45) is -5.60. The van der Waals surface area contributed by atoms with E-state index in [1.807, 2.05) is 0 Å². The van der Waals surface area contributed by atoms with E-state index in [1.54, 1.807) is 0 Å². The van der Waals surface area contributed by atoms with Gasteiger partial charge in [0.15, 0.2) is 6.10 Å². The Morgan fingerprint density at radius 3 is 2.82 bits per heavy atom. The van der Waals surface area contributed by atoms with Crippen LogP contribution in [0.15, 0.2) is 17.1 Å². The summed E-state index contributed by atoms with van der Waals surface area (Å²) >= 11 is 0. The summed E-state index contributed by atoms with van der Waals surface area (Å²) in [7, 11) is -5.18. The van der Waals surface area contributed by atoms with Crippen LogP contribution in [0.4, 0.5) is 14.6 Å². The highest BCUT2D eigenvalue weighted by Crippen LogP contribution is 2.43. The van der Waals surface area contributed by atoms with Crippen LogP contribution in [-0.4, -0.2) is 44.3 Å². The van der Waals surface area contributed by atoms with E-state index in [4.69, 9.17) is 15.4 Å². The number of phosphoric acid groups is 1. The number of aliphatic hydroxyl groups excluding tert-OH is 1. The van der Waals surface area contributed by atoms with Crippen LogP contribution < -0.4 is 16.3 Å². The molecule has 1 fully saturated rings. The standard InChI is InChI=1S/C9H12F2N3O7P/c10-9(11)6(15)4(3-20-22(17,18)19)21-7(9)14-2-1-5(12)13-8(14)16/h1-2,4,6-7,15H,3H2,(H2,12,13,16)(H2,17,18,19)/p-1/t4-,6-,7-/m1/s1. The first-order chi connectivity index (χ1) is 10.0. The zero-order valence-corrected chi connectivity index (χ0v) is 11.6. The van der Waals surface area contributed by atoms with Crippen molar-refractivity contribution < 1.29 is 37.5 Å². The minimum atomic E-state index is -5.18. The fourth-order valence-corrected chi connectivity index (χ4v) is 2.21. The lowest BCUT2D eigenvalue weighted by molar-refractivity contribution is -0.222. The van der Waals surface area contributed by atoms with Crippen LogP contribution in [0.2, 0.25) is 0 Å². The average Bonchev–Trinajstić information content (AvgIpc) is 2.59. The molecule has 2 rings (SSSR count). The molecular weight excluding hydrogens is 331 g/mol. The lowest BCUT2D eigenvalue weighted by Crippen LogP contribution is -2.42. The predicted molar refractivity (Wildman–Crippen MR) is 63.6 cm³/mol. The fraction of sp³-hybridized carbons (Fsp3) is 0.556. The summed E-state index contributed by atoms with van der Waals surface area (Å²) in [6.45, 7) is -1.05. The first kappa shape index (κ1) is 16.9. The Hall–Kier alpha value is -1.43. The van der Waals surface area contributed by atoms with Crippen molar-refractivity contribution in [2.24, 2.45) is 0 Å². The SMILES string of the molecule is Nc1ccn([C@@H]2O[C@H](COP(=O)([O-])O)[C@@H](O)C2(F)F)c(=O)n1. The summed E-state index contributed by atoms with van der Waals surface area (Å²) in [5, 5.41) is 9.50. The third-order valence-electron chi connectivity index (χ3n) is 2.89. The van der Waals surface area contributed by atoms with Gasteiger partial charge in [0.2, 0.25) is 6.23 Å². The van der Waals surface area contributed by atoms with Crippen molar-refractivity contribution in [3.8, 4) is 0 Å². The van der Waals surface area contributed by atoms with Gasteiger partial charge in [-0.2, -0.15) is 13.8 Å². The van der Waals surface area contributed by atoms with E-state index in [9.17, 15) is 28.1 Å². The third-order valence-corrected chi connectivity index (χ3v) is 3.36. The van der Waals surface area contributed by atoms with E-state index >= 15 is 0 Å². The number of nitrogen functional groups attached to an aromatic ring is 1. The molecule has 10 nitrogen and oxygen atoms in total. The Morgan fingerprint density at radius 1 is 1.64 bits per heavy atom. The molecule has 2 heterocycles. The molecule has 1 saturated heterocycles. The van der Waals surface area contributed by atoms with E-state index in [1.165, 1.54) is 0 Å². The van der Waals surface area contributed by atoms with Crippen LogP contribution in [0.1, 0.15) is 6.23 Å². The van der Waals surface area contributed by atoms with Gasteiger partial charge in [0.05, 0.1) is 6.61 Å². The van der Waals surface area contributed by atoms with Crippen LogP contribution in [-0.2, 0) is 13.8 Å². The van der Waals surface area contributed by atoms with E-state index < -0.39 is 44.5 Å². The highest BCUT2D eigenvalue weighted by atomic mass is 31.2. The molecule has 124 valence electrons. The van der Waals surface area contributed by atoms with Crippen molar-refractivity contribution in [1.82, 2.24) is 9.55 Å². The second kappa shape index (κ2) is 5.65. The summed E-state index contributed by atoms with van der Waals surface area (Å²) in [6, 6.07) is 1.07. The summed E-state index contributed by atoms with van der Waals surface area (Å²) < 4.78 is 47.5. The summed E-state index contributed by atoms with van der Waals surface area (Å²) in [5.41, 5.74) is 4.08. The van der Waals surface area contributed by atoms with Gasteiger partial charge < -0.3 is 29.9 Å². The monoisotopic (exact) mass is 342 g/mol. The molecule has 1 aliphatic heterocycles. The number of hydrogen-bond donors (Lipinski definition) is 3. The molecular formula is C9H11F2N3O7P-. The molecule has 4 N–H and O–H groups in total. The smallest absolute Gasteiger partial charge is 0.351 e. The van der Waals surface area contributed by atoms with Gasteiger partial charge in [-0.25, -0.2) is 4.79 Å². The number of phosphoric ester groups is 1. The average molecular weight is 342 g/mol. The van der Waals surface area contributed by atoms with Crippen LogP contribution in [0, 0.1) is 0 Å². The van der Waals surface area contributed by atoms with E-state index in [0.29, 0.717) is 4.57 Å². The zero-order chi connectivity index (χ0) is 16.7. The minimum absolute atomic E-state index is 0.199. The normalized spacial score (nSPS) is 30.1. The van der Waals surface area contributed by atoms with E-state index in [0.717, 1.165) is 12.3 Å². The van der Waals surface area contributed by atoms with E-state index in [-0.39, 0.29) is 5.82 Å². The third kappa shape index (κ3) is 3.32. The predicted octanol–water partition coefficient (Wildman–Crippen LogP) is -1.80. The van der Waals surface area contributed by atoms with Gasteiger partial charge in [-0.05, 0) is 6.07 Å². The summed E-state index contributed by atoms with van der Waals surface area (Å²) in [5.74, 6) is -4.13. The maximum Gasteiger partial charge on any atom is 0.351 e. The number of ether oxygens (including phenoxy) is 1. The van der Waals surface area contributed by atoms with Crippen molar-refractivity contribution in [3.63, 3.8) is 0 Å². The van der Waals surface area contributed by atoms with Crippen LogP contribution >= 0.6 is 7.82 Å². The number of halogens is 2. The van der Waals surface area contributed by atoms with Gasteiger partial charge in [-0.3, -0.25) is 9.13 Å². The Bertz CT molecular complexity index is 663. The highest BCUT2D eigenvalue weighted by Gasteiger charge is 2.59. The maximum absolute atomic E-state index is 14.0. The lowest BCUT2D eigenvalue weighted by atomic mass is 10.1. The molecule has 4 atom stereocenters. The molecule has 13 heteroatoms. The molecule has 0 bridgehead atoms. The number of hydrogen-bond acceptors (Lipinski definition) is 8. The Labute approximate surface area is 121 Å². The van der Waals surface area contributed by atoms with Crippen LogP contribution in [0.5, 0.6) is 0 Å². The second-order valence-corrected chi connectivity index (χ2v) is 5.65. The highest BCUT2D eigenvalue weighted by molar-refractivity contribution is 7.44. The number of anilines is 1. The number of rotatable bonds is 4. The lowest BCUT2D eigenvalue weighted by Gasteiger charge is -2.21. The number of alkyl halides is 2. The molecule has 0 aliphatic carbocycles. The molecule has 0 saturated carbocycles. The molecule has 0 spiro atoms. The molecule has 0 radical (unpaired) electrons. The van der Waals surface area contributed by atoms with Gasteiger partial charge in [0.1, 0.15) is 11.9 Å². The van der Waals surface area contributed by atoms with Crippen molar-refractivity contribution in [2.45, 2.75) is 24.4 Å². The van der Waals surface area contributed by atoms with Gasteiger partial charge in [0.25, 0.3) is 7.82 Å². The van der Waals surface area contributed by atoms with E-state index in [2.05, 4.69) is 9.51 Å². The zero-order valence-electron chi connectivity index (χ0n) is 10.7. The largest absolute Gasteiger partial charge is 0.756 e. The van der Waals surface area contributed by atoms with Gasteiger partial charge in [-0.1, -0.05) is 0 Å². The van der Waals surface area contributed by atoms with Crippen LogP contribution in [0.3, 0.4) is 0 Å². The first-order valence-electron chi connectivity index (χ1n) is 5.76. The van der Waals surface area contributed by atoms with Gasteiger partial charge in [-0.15, -0.1) is 0 Å². The number of aromatic nitrogens is 2. The number of nitrogens with two attached hydrogens (primary N) is 1. The molecule has 1 unspecified atom stereocenters. The topological polar surface area (TPSA) is 160 Å². The Morgan fingerprint density at radius 2 is 2.27 bits per heavy atom. The first-order valence-corrected chi connectivity index (χ1v) is 7.26. The molecule has 1 aliphatic rings. The molecule has 1 aromatic heterocycles. The second-order valence-electron chi connectivity index (χ2n) is 4.45. The number of nitrogens with zero attached hydrogens (tertiary/aromatic N) is 2. The molecule has 1 aromatic rings. The van der Waals surface area contributed by atoms with Crippen molar-refractivity contribution in [1.29, 1.82) is 0 Å². The quantitative estimate of drug-likeness (QED) is 0.536. The maximum atomic E-state index is 14.0. The van der Waals surface area contributed by atoms with Gasteiger partial charge in [0, 0.05) is 6.20 Å². The molecule has 22 heavy (non-hydrogen) atoms. The van der Waals surface area contributed by atoms with Crippen molar-refractivity contribution in [3.05, 3.63) is 22.7 Å². The Kier molecular flexibility index (Phi) is 4.35. The minimum Gasteiger partial charge on any atom is -0.756 e. The van der Waals surface area contributed by atoms with Crippen molar-refractivity contribution in [2.75, 3.05) is 12.3 Å².